The zero-order chi connectivity index (χ0) is 15.1. The second-order valence-electron chi connectivity index (χ2n) is 4.47. The van der Waals surface area contributed by atoms with Crippen molar-refractivity contribution in [1.29, 1.82) is 0 Å². The lowest BCUT2D eigenvalue weighted by Crippen LogP contribution is -2.05. The minimum Gasteiger partial charge on any atom is -0.497 e. The monoisotopic (exact) mass is 287 g/mol. The minimum atomic E-state index is 0.635. The van der Waals surface area contributed by atoms with Gasteiger partial charge in [0.2, 0.25) is 0 Å². The van der Waals surface area contributed by atoms with Gasteiger partial charge >= 0.3 is 0 Å². The van der Waals surface area contributed by atoms with E-state index >= 15 is 0 Å². The highest BCUT2D eigenvalue weighted by molar-refractivity contribution is 5.47. The van der Waals surface area contributed by atoms with Gasteiger partial charge < -0.3 is 20.1 Å². The van der Waals surface area contributed by atoms with Crippen LogP contribution in [0.2, 0.25) is 0 Å². The van der Waals surface area contributed by atoms with Gasteiger partial charge in [0.05, 0.1) is 14.2 Å². The van der Waals surface area contributed by atoms with Gasteiger partial charge in [-0.1, -0.05) is 6.07 Å². The summed E-state index contributed by atoms with van der Waals surface area (Å²) in [5.74, 6) is 3.27. The van der Waals surface area contributed by atoms with Crippen molar-refractivity contribution in [2.45, 2.75) is 13.5 Å². The Balaban J connectivity index is 2.07. The Hall–Kier alpha value is -2.43. The smallest absolute Gasteiger partial charge is 0.128 e. The molecule has 0 atom stereocenters. The zero-order valence-electron chi connectivity index (χ0n) is 12.6. The lowest BCUT2D eigenvalue weighted by atomic mass is 10.2. The maximum atomic E-state index is 5.39. The maximum Gasteiger partial charge on any atom is 0.128 e. The number of ether oxygens (including phenoxy) is 2. The van der Waals surface area contributed by atoms with Crippen LogP contribution in [0, 0.1) is 0 Å². The Bertz CT molecular complexity index is 587. The molecule has 1 heterocycles. The van der Waals surface area contributed by atoms with E-state index in [4.69, 9.17) is 9.47 Å². The fourth-order valence-corrected chi connectivity index (χ4v) is 2.00. The molecular weight excluding hydrogens is 266 g/mol. The summed E-state index contributed by atoms with van der Waals surface area (Å²) in [5, 5.41) is 6.49. The molecule has 112 valence electrons. The molecule has 2 N–H and O–H groups in total. The van der Waals surface area contributed by atoms with Crippen molar-refractivity contribution in [2.24, 2.45) is 0 Å². The predicted molar refractivity (Wildman–Crippen MR) is 85.3 cm³/mol. The van der Waals surface area contributed by atoms with Crippen molar-refractivity contribution in [1.82, 2.24) is 4.98 Å². The van der Waals surface area contributed by atoms with E-state index in [9.17, 15) is 0 Å². The highest BCUT2D eigenvalue weighted by atomic mass is 16.5. The molecule has 0 aliphatic rings. The molecular formula is C16H21N3O2. The van der Waals surface area contributed by atoms with Crippen LogP contribution in [0.1, 0.15) is 12.5 Å². The molecule has 1 aromatic carbocycles. The van der Waals surface area contributed by atoms with Crippen molar-refractivity contribution < 1.29 is 9.47 Å². The molecule has 0 saturated heterocycles. The van der Waals surface area contributed by atoms with Gasteiger partial charge in [0.25, 0.3) is 0 Å². The standard InChI is InChI=1S/C16H21N3O2/c1-4-17-15-6-5-7-16(19-15)18-11-12-8-9-13(20-2)10-14(12)21-3/h5-10H,4,11H2,1-3H3,(H2,17,18,19). The minimum absolute atomic E-state index is 0.635. The van der Waals surface area contributed by atoms with Gasteiger partial charge in [0.1, 0.15) is 23.1 Å². The molecule has 0 amide bonds. The number of hydrogen-bond acceptors (Lipinski definition) is 5. The maximum absolute atomic E-state index is 5.39. The molecule has 0 saturated carbocycles. The van der Waals surface area contributed by atoms with E-state index in [1.807, 2.05) is 43.3 Å². The van der Waals surface area contributed by atoms with E-state index in [0.717, 1.165) is 35.2 Å². The fraction of sp³-hybridized carbons (Fsp3) is 0.312. The van der Waals surface area contributed by atoms with Crippen LogP contribution in [0.15, 0.2) is 36.4 Å². The van der Waals surface area contributed by atoms with Crippen molar-refractivity contribution in [3.05, 3.63) is 42.0 Å². The van der Waals surface area contributed by atoms with Crippen LogP contribution in [0.5, 0.6) is 11.5 Å². The number of anilines is 2. The van der Waals surface area contributed by atoms with E-state index in [2.05, 4.69) is 15.6 Å². The predicted octanol–water partition coefficient (Wildman–Crippen LogP) is 3.14. The summed E-state index contributed by atoms with van der Waals surface area (Å²) in [6.45, 7) is 3.53. The first-order valence-corrected chi connectivity index (χ1v) is 6.92. The van der Waals surface area contributed by atoms with Gasteiger partial charge in [0, 0.05) is 24.7 Å². The van der Waals surface area contributed by atoms with E-state index in [1.54, 1.807) is 14.2 Å². The molecule has 0 unspecified atom stereocenters. The first-order chi connectivity index (χ1) is 10.3. The van der Waals surface area contributed by atoms with Crippen LogP contribution in [0.4, 0.5) is 11.6 Å². The summed E-state index contributed by atoms with van der Waals surface area (Å²) >= 11 is 0. The number of aromatic nitrogens is 1. The van der Waals surface area contributed by atoms with Crippen molar-refractivity contribution in [2.75, 3.05) is 31.4 Å². The average Bonchev–Trinajstić information content (AvgIpc) is 2.53. The largest absolute Gasteiger partial charge is 0.497 e. The highest BCUT2D eigenvalue weighted by Crippen LogP contribution is 2.25. The van der Waals surface area contributed by atoms with Crippen LogP contribution in [0.3, 0.4) is 0 Å². The van der Waals surface area contributed by atoms with Crippen molar-refractivity contribution >= 4 is 11.6 Å². The van der Waals surface area contributed by atoms with Gasteiger partial charge in [0.15, 0.2) is 0 Å². The number of benzene rings is 1. The molecule has 2 aromatic rings. The molecule has 21 heavy (non-hydrogen) atoms. The van der Waals surface area contributed by atoms with Crippen LogP contribution >= 0.6 is 0 Å². The Labute approximate surface area is 125 Å². The van der Waals surface area contributed by atoms with Gasteiger partial charge in [-0.25, -0.2) is 4.98 Å². The molecule has 5 heteroatoms. The van der Waals surface area contributed by atoms with Crippen LogP contribution in [-0.4, -0.2) is 25.7 Å². The van der Waals surface area contributed by atoms with Gasteiger partial charge in [-0.3, -0.25) is 0 Å². The summed E-state index contributed by atoms with van der Waals surface area (Å²) < 4.78 is 10.6. The molecule has 2 rings (SSSR count). The highest BCUT2D eigenvalue weighted by Gasteiger charge is 2.05. The lowest BCUT2D eigenvalue weighted by molar-refractivity contribution is 0.391. The van der Waals surface area contributed by atoms with E-state index in [0.29, 0.717) is 6.54 Å². The SMILES string of the molecule is CCNc1cccc(NCc2ccc(OC)cc2OC)n1. The van der Waals surface area contributed by atoms with Crippen molar-refractivity contribution in [3.63, 3.8) is 0 Å². The van der Waals surface area contributed by atoms with Gasteiger partial charge in [-0.05, 0) is 31.2 Å². The first-order valence-electron chi connectivity index (χ1n) is 6.92. The van der Waals surface area contributed by atoms with Crippen LogP contribution in [0.25, 0.3) is 0 Å². The Kier molecular flexibility index (Phi) is 5.26. The topological polar surface area (TPSA) is 55.4 Å². The van der Waals surface area contributed by atoms with Gasteiger partial charge in [-0.15, -0.1) is 0 Å². The molecule has 5 nitrogen and oxygen atoms in total. The van der Waals surface area contributed by atoms with Crippen LogP contribution < -0.4 is 20.1 Å². The number of nitrogens with one attached hydrogen (secondary N) is 2. The second kappa shape index (κ2) is 7.38. The van der Waals surface area contributed by atoms with E-state index < -0.39 is 0 Å². The second-order valence-corrected chi connectivity index (χ2v) is 4.47. The lowest BCUT2D eigenvalue weighted by Gasteiger charge is -2.12. The molecule has 0 aliphatic heterocycles. The third-order valence-electron chi connectivity index (χ3n) is 3.06. The summed E-state index contributed by atoms with van der Waals surface area (Å²) in [4.78, 5) is 4.48. The first kappa shape index (κ1) is 15.0. The molecule has 0 radical (unpaired) electrons. The number of nitrogens with zero attached hydrogens (tertiary/aromatic N) is 1. The Morgan fingerprint density at radius 2 is 1.76 bits per heavy atom. The summed E-state index contributed by atoms with van der Waals surface area (Å²) in [7, 11) is 3.30. The average molecular weight is 287 g/mol. The van der Waals surface area contributed by atoms with E-state index in [-0.39, 0.29) is 0 Å². The Morgan fingerprint density at radius 1 is 1.00 bits per heavy atom. The molecule has 0 fully saturated rings. The summed E-state index contributed by atoms with van der Waals surface area (Å²) in [6, 6.07) is 11.6. The number of rotatable bonds is 7. The number of methoxy groups -OCH3 is 2. The van der Waals surface area contributed by atoms with E-state index in [1.165, 1.54) is 0 Å². The molecule has 1 aromatic heterocycles. The van der Waals surface area contributed by atoms with Crippen LogP contribution in [-0.2, 0) is 6.54 Å². The summed E-state index contributed by atoms with van der Waals surface area (Å²) in [5.41, 5.74) is 1.05. The normalized spacial score (nSPS) is 10.0. The zero-order valence-corrected chi connectivity index (χ0v) is 12.6. The third-order valence-corrected chi connectivity index (χ3v) is 3.06. The Morgan fingerprint density at radius 3 is 2.43 bits per heavy atom. The molecule has 0 aliphatic carbocycles. The van der Waals surface area contributed by atoms with Crippen molar-refractivity contribution in [3.8, 4) is 11.5 Å². The number of hydrogen-bond donors (Lipinski definition) is 2. The number of pyridine rings is 1. The fourth-order valence-electron chi connectivity index (χ4n) is 2.00. The third kappa shape index (κ3) is 4.02. The van der Waals surface area contributed by atoms with Gasteiger partial charge in [-0.2, -0.15) is 0 Å². The molecule has 0 bridgehead atoms. The quantitative estimate of drug-likeness (QED) is 0.819. The molecule has 0 spiro atoms. The summed E-state index contributed by atoms with van der Waals surface area (Å²) in [6.07, 6.45) is 0.